The van der Waals surface area contributed by atoms with Crippen molar-refractivity contribution in [1.82, 2.24) is 9.88 Å². The second-order valence-electron chi connectivity index (χ2n) is 6.68. The first-order chi connectivity index (χ1) is 13.1. The van der Waals surface area contributed by atoms with Crippen LogP contribution >= 0.6 is 0 Å². The Bertz CT molecular complexity index is 985. The van der Waals surface area contributed by atoms with E-state index in [9.17, 15) is 14.7 Å². The van der Waals surface area contributed by atoms with Crippen LogP contribution in [0, 0.1) is 5.92 Å². The number of nitrogens with one attached hydrogen (secondary N) is 1. The monoisotopic (exact) mass is 361 g/mol. The van der Waals surface area contributed by atoms with Gasteiger partial charge in [-0.15, -0.1) is 0 Å². The molecule has 1 saturated heterocycles. The van der Waals surface area contributed by atoms with Gasteiger partial charge in [0.25, 0.3) is 0 Å². The molecule has 0 bridgehead atoms. The van der Waals surface area contributed by atoms with Gasteiger partial charge >= 0.3 is 6.09 Å². The van der Waals surface area contributed by atoms with Crippen molar-refractivity contribution in [3.05, 3.63) is 72.4 Å². The van der Waals surface area contributed by atoms with E-state index in [1.807, 2.05) is 60.7 Å². The van der Waals surface area contributed by atoms with Crippen molar-refractivity contribution in [2.24, 2.45) is 5.92 Å². The molecule has 0 spiro atoms. The van der Waals surface area contributed by atoms with E-state index in [-0.39, 0.29) is 18.4 Å². The van der Waals surface area contributed by atoms with Crippen LogP contribution in [0.5, 0.6) is 0 Å². The van der Waals surface area contributed by atoms with Crippen molar-refractivity contribution in [3.63, 3.8) is 0 Å². The van der Waals surface area contributed by atoms with E-state index < -0.39 is 12.0 Å². The van der Waals surface area contributed by atoms with Gasteiger partial charge in [0.05, 0.1) is 17.1 Å². The Kier molecular flexibility index (Phi) is 4.46. The number of hydrogen-bond donors (Lipinski definition) is 2. The Morgan fingerprint density at radius 1 is 1.00 bits per heavy atom. The standard InChI is InChI=1S/C21H19N3O3/c25-20(23-19-10-4-9-18-15(19)8-5-11-22-18)17-13-24(21(26)27)12-16(17)14-6-2-1-3-7-14/h1-11,16-17H,12-13H2,(H,23,25)(H,26,27)/t16-,17+/m1/s1. The summed E-state index contributed by atoms with van der Waals surface area (Å²) < 4.78 is 0. The average molecular weight is 361 g/mol. The van der Waals surface area contributed by atoms with Crippen molar-refractivity contribution < 1.29 is 14.7 Å². The minimum absolute atomic E-state index is 0.171. The molecular weight excluding hydrogens is 342 g/mol. The van der Waals surface area contributed by atoms with E-state index in [1.165, 1.54) is 4.90 Å². The average Bonchev–Trinajstić information content (AvgIpc) is 3.15. The van der Waals surface area contributed by atoms with E-state index >= 15 is 0 Å². The first kappa shape index (κ1) is 17.0. The molecule has 0 unspecified atom stereocenters. The molecule has 2 heterocycles. The summed E-state index contributed by atoms with van der Waals surface area (Å²) in [6, 6.07) is 18.9. The van der Waals surface area contributed by atoms with Gasteiger partial charge in [-0.3, -0.25) is 9.78 Å². The highest BCUT2D eigenvalue weighted by Gasteiger charge is 2.40. The van der Waals surface area contributed by atoms with Crippen LogP contribution in [0.15, 0.2) is 66.9 Å². The maximum absolute atomic E-state index is 13.1. The second kappa shape index (κ2) is 7.07. The van der Waals surface area contributed by atoms with Crippen LogP contribution in [-0.4, -0.2) is 40.1 Å². The van der Waals surface area contributed by atoms with Gasteiger partial charge < -0.3 is 15.3 Å². The molecule has 0 saturated carbocycles. The molecule has 0 radical (unpaired) electrons. The number of benzene rings is 2. The number of amides is 2. The van der Waals surface area contributed by atoms with Crippen molar-refractivity contribution >= 4 is 28.6 Å². The lowest BCUT2D eigenvalue weighted by atomic mass is 9.88. The molecule has 1 aliphatic heterocycles. The molecular formula is C21H19N3O3. The Hall–Kier alpha value is -3.41. The second-order valence-corrected chi connectivity index (χ2v) is 6.68. The summed E-state index contributed by atoms with van der Waals surface area (Å²) in [6.07, 6.45) is 0.710. The fourth-order valence-corrected chi connectivity index (χ4v) is 3.70. The van der Waals surface area contributed by atoms with Gasteiger partial charge in [0.2, 0.25) is 5.91 Å². The number of anilines is 1. The third-order valence-electron chi connectivity index (χ3n) is 5.06. The first-order valence-corrected chi connectivity index (χ1v) is 8.81. The number of fused-ring (bicyclic) bond motifs is 1. The number of pyridine rings is 1. The number of carboxylic acid groups (broad SMARTS) is 1. The smallest absolute Gasteiger partial charge is 0.407 e. The Balaban J connectivity index is 1.63. The van der Waals surface area contributed by atoms with Crippen LogP contribution in [-0.2, 0) is 4.79 Å². The van der Waals surface area contributed by atoms with Gasteiger partial charge in [-0.05, 0) is 29.8 Å². The fraction of sp³-hybridized carbons (Fsp3) is 0.190. The van der Waals surface area contributed by atoms with Gasteiger partial charge in [-0.1, -0.05) is 36.4 Å². The van der Waals surface area contributed by atoms with E-state index in [2.05, 4.69) is 10.3 Å². The normalized spacial score (nSPS) is 19.2. The van der Waals surface area contributed by atoms with Gasteiger partial charge in [0, 0.05) is 30.6 Å². The van der Waals surface area contributed by atoms with Crippen LogP contribution in [0.4, 0.5) is 10.5 Å². The fourth-order valence-electron chi connectivity index (χ4n) is 3.70. The first-order valence-electron chi connectivity index (χ1n) is 8.81. The SMILES string of the molecule is O=C(Nc1cccc2ncccc12)[C@H]1CN(C(=O)O)C[C@@H]1c1ccccc1. The highest BCUT2D eigenvalue weighted by molar-refractivity contribution is 6.02. The highest BCUT2D eigenvalue weighted by Crippen LogP contribution is 2.34. The molecule has 2 atom stereocenters. The third-order valence-corrected chi connectivity index (χ3v) is 5.06. The molecule has 3 aromatic rings. The summed E-state index contributed by atoms with van der Waals surface area (Å²) in [7, 11) is 0. The van der Waals surface area contributed by atoms with Crippen LogP contribution in [0.2, 0.25) is 0 Å². The maximum atomic E-state index is 13.1. The number of nitrogens with zero attached hydrogens (tertiary/aromatic N) is 2. The van der Waals surface area contributed by atoms with E-state index in [4.69, 9.17) is 0 Å². The quantitative estimate of drug-likeness (QED) is 0.747. The number of carbonyl (C=O) groups is 2. The molecule has 1 fully saturated rings. The Morgan fingerprint density at radius 3 is 2.59 bits per heavy atom. The van der Waals surface area contributed by atoms with Crippen molar-refractivity contribution in [2.75, 3.05) is 18.4 Å². The van der Waals surface area contributed by atoms with Gasteiger partial charge in [-0.2, -0.15) is 0 Å². The zero-order valence-electron chi connectivity index (χ0n) is 14.6. The molecule has 6 heteroatoms. The summed E-state index contributed by atoms with van der Waals surface area (Å²) in [5.74, 6) is -0.796. The number of likely N-dealkylation sites (tertiary alicyclic amines) is 1. The molecule has 1 aromatic heterocycles. The molecule has 0 aliphatic carbocycles. The minimum atomic E-state index is -0.999. The molecule has 136 valence electrons. The number of hydrogen-bond acceptors (Lipinski definition) is 3. The summed E-state index contributed by atoms with van der Waals surface area (Å²) in [6.45, 7) is 0.498. The van der Waals surface area contributed by atoms with Crippen LogP contribution < -0.4 is 5.32 Å². The molecule has 2 N–H and O–H groups in total. The number of carbonyl (C=O) groups excluding carboxylic acids is 1. The number of aromatic nitrogens is 1. The van der Waals surface area contributed by atoms with Crippen molar-refractivity contribution in [2.45, 2.75) is 5.92 Å². The highest BCUT2D eigenvalue weighted by atomic mass is 16.4. The maximum Gasteiger partial charge on any atom is 0.407 e. The zero-order chi connectivity index (χ0) is 18.8. The predicted molar refractivity (Wildman–Crippen MR) is 103 cm³/mol. The van der Waals surface area contributed by atoms with Gasteiger partial charge in [0.1, 0.15) is 0 Å². The summed E-state index contributed by atoms with van der Waals surface area (Å²) in [4.78, 5) is 30.1. The predicted octanol–water partition coefficient (Wildman–Crippen LogP) is 3.57. The van der Waals surface area contributed by atoms with Gasteiger partial charge in [0.15, 0.2) is 0 Å². The number of rotatable bonds is 3. The lowest BCUT2D eigenvalue weighted by molar-refractivity contribution is -0.119. The van der Waals surface area contributed by atoms with Crippen LogP contribution in [0.1, 0.15) is 11.5 Å². The van der Waals surface area contributed by atoms with Gasteiger partial charge in [-0.25, -0.2) is 4.79 Å². The largest absolute Gasteiger partial charge is 0.465 e. The lowest BCUT2D eigenvalue weighted by Crippen LogP contribution is -2.30. The molecule has 1 aliphatic rings. The summed E-state index contributed by atoms with van der Waals surface area (Å²) in [5, 5.41) is 13.2. The third kappa shape index (κ3) is 3.33. The van der Waals surface area contributed by atoms with Crippen molar-refractivity contribution in [1.29, 1.82) is 0 Å². The molecule has 4 rings (SSSR count). The molecule has 2 amide bonds. The molecule has 27 heavy (non-hydrogen) atoms. The molecule has 2 aromatic carbocycles. The van der Waals surface area contributed by atoms with E-state index in [0.29, 0.717) is 12.2 Å². The zero-order valence-corrected chi connectivity index (χ0v) is 14.6. The topological polar surface area (TPSA) is 82.5 Å². The minimum Gasteiger partial charge on any atom is -0.465 e. The van der Waals surface area contributed by atoms with Crippen molar-refractivity contribution in [3.8, 4) is 0 Å². The van der Waals surface area contributed by atoms with E-state index in [1.54, 1.807) is 6.20 Å². The summed E-state index contributed by atoms with van der Waals surface area (Å²) in [5.41, 5.74) is 2.46. The van der Waals surface area contributed by atoms with E-state index in [0.717, 1.165) is 16.5 Å². The lowest BCUT2D eigenvalue weighted by Gasteiger charge is -2.18. The molecule has 6 nitrogen and oxygen atoms in total. The Labute approximate surface area is 156 Å². The van der Waals surface area contributed by atoms with Crippen LogP contribution in [0.3, 0.4) is 0 Å². The Morgan fingerprint density at radius 2 is 1.81 bits per heavy atom. The van der Waals surface area contributed by atoms with Crippen LogP contribution in [0.25, 0.3) is 10.9 Å². The summed E-state index contributed by atoms with van der Waals surface area (Å²) >= 11 is 0.